The first-order valence-electron chi connectivity index (χ1n) is 6.67. The second-order valence-electron chi connectivity index (χ2n) is 5.29. The summed E-state index contributed by atoms with van der Waals surface area (Å²) in [6, 6.07) is 9.90. The topological polar surface area (TPSA) is 76.7 Å². The highest BCUT2D eigenvalue weighted by atomic mass is 16.1. The van der Waals surface area contributed by atoms with E-state index in [-0.39, 0.29) is 5.69 Å². The molecule has 1 aliphatic carbocycles. The zero-order valence-electron chi connectivity index (χ0n) is 10.8. The van der Waals surface area contributed by atoms with Crippen LogP contribution in [-0.2, 0) is 12.1 Å². The van der Waals surface area contributed by atoms with Crippen molar-refractivity contribution in [3.8, 4) is 0 Å². The Morgan fingerprint density at radius 1 is 1.26 bits per heavy atom. The van der Waals surface area contributed by atoms with Crippen molar-refractivity contribution in [2.45, 2.75) is 37.8 Å². The summed E-state index contributed by atoms with van der Waals surface area (Å²) < 4.78 is 1.67. The van der Waals surface area contributed by atoms with Crippen molar-refractivity contribution in [1.29, 1.82) is 0 Å². The molecule has 3 N–H and O–H groups in total. The van der Waals surface area contributed by atoms with Gasteiger partial charge in [-0.1, -0.05) is 43.2 Å². The third-order valence-corrected chi connectivity index (χ3v) is 3.88. The van der Waals surface area contributed by atoms with Gasteiger partial charge in [-0.3, -0.25) is 4.57 Å². The van der Waals surface area contributed by atoms with Crippen LogP contribution in [0.1, 0.15) is 37.1 Å². The lowest BCUT2D eigenvalue weighted by atomic mass is 9.98. The number of aromatic amines is 1. The maximum atomic E-state index is 11.9. The summed E-state index contributed by atoms with van der Waals surface area (Å²) in [6.45, 7) is 0.518. The summed E-state index contributed by atoms with van der Waals surface area (Å²) in [6.07, 6.45) is 3.99. The summed E-state index contributed by atoms with van der Waals surface area (Å²) in [5, 5.41) is 6.70. The van der Waals surface area contributed by atoms with Crippen molar-refractivity contribution >= 4 is 0 Å². The van der Waals surface area contributed by atoms with Crippen LogP contribution >= 0.6 is 0 Å². The molecule has 19 heavy (non-hydrogen) atoms. The van der Waals surface area contributed by atoms with Gasteiger partial charge in [0.15, 0.2) is 5.82 Å². The first kappa shape index (κ1) is 12.2. The molecule has 0 aliphatic heterocycles. The Kier molecular flexibility index (Phi) is 2.98. The first-order valence-corrected chi connectivity index (χ1v) is 6.67. The van der Waals surface area contributed by atoms with Crippen LogP contribution in [0.25, 0.3) is 0 Å². The van der Waals surface area contributed by atoms with Crippen molar-refractivity contribution in [2.24, 2.45) is 5.73 Å². The largest absolute Gasteiger partial charge is 0.343 e. The second kappa shape index (κ2) is 4.66. The van der Waals surface area contributed by atoms with E-state index in [1.54, 1.807) is 4.57 Å². The Morgan fingerprint density at radius 3 is 2.63 bits per heavy atom. The van der Waals surface area contributed by atoms with Gasteiger partial charge in [-0.2, -0.15) is 5.10 Å². The highest BCUT2D eigenvalue weighted by molar-refractivity contribution is 5.17. The Labute approximate surface area is 111 Å². The zero-order valence-corrected chi connectivity index (χ0v) is 10.8. The third-order valence-electron chi connectivity index (χ3n) is 3.88. The monoisotopic (exact) mass is 258 g/mol. The van der Waals surface area contributed by atoms with Gasteiger partial charge >= 0.3 is 5.69 Å². The van der Waals surface area contributed by atoms with E-state index in [0.29, 0.717) is 12.4 Å². The maximum Gasteiger partial charge on any atom is 0.343 e. The highest BCUT2D eigenvalue weighted by Crippen LogP contribution is 2.34. The molecule has 0 unspecified atom stereocenters. The van der Waals surface area contributed by atoms with Gasteiger partial charge in [0, 0.05) is 0 Å². The number of hydrogen-bond donors (Lipinski definition) is 2. The molecule has 5 nitrogen and oxygen atoms in total. The predicted octanol–water partition coefficient (Wildman–Crippen LogP) is 1.35. The molecule has 0 radical (unpaired) electrons. The molecule has 2 aromatic rings. The van der Waals surface area contributed by atoms with E-state index in [0.717, 1.165) is 31.2 Å². The van der Waals surface area contributed by atoms with Gasteiger partial charge in [0.1, 0.15) is 0 Å². The molecule has 1 aromatic heterocycles. The van der Waals surface area contributed by atoms with Crippen LogP contribution in [0.5, 0.6) is 0 Å². The van der Waals surface area contributed by atoms with Crippen molar-refractivity contribution in [3.05, 3.63) is 52.2 Å². The number of rotatable bonds is 3. The molecule has 0 atom stereocenters. The van der Waals surface area contributed by atoms with Crippen LogP contribution in [0.3, 0.4) is 0 Å². The molecule has 0 amide bonds. The van der Waals surface area contributed by atoms with Gasteiger partial charge in [0.25, 0.3) is 0 Å². The fourth-order valence-electron chi connectivity index (χ4n) is 2.84. The summed E-state index contributed by atoms with van der Waals surface area (Å²) in [7, 11) is 0. The van der Waals surface area contributed by atoms with Crippen LogP contribution in [0, 0.1) is 0 Å². The van der Waals surface area contributed by atoms with Crippen LogP contribution in [0.15, 0.2) is 35.1 Å². The van der Waals surface area contributed by atoms with Crippen molar-refractivity contribution in [1.82, 2.24) is 14.8 Å². The molecule has 3 rings (SSSR count). The lowest BCUT2D eigenvalue weighted by Crippen LogP contribution is -2.38. The number of benzene rings is 1. The number of H-pyrrole nitrogens is 1. The van der Waals surface area contributed by atoms with E-state index >= 15 is 0 Å². The Hall–Kier alpha value is -1.88. The summed E-state index contributed by atoms with van der Waals surface area (Å²) in [5.41, 5.74) is 6.85. The SMILES string of the molecule is NC1(c2n[nH]c(=O)n2Cc2ccccc2)CCCC1. The van der Waals surface area contributed by atoms with E-state index in [1.807, 2.05) is 30.3 Å². The number of hydrogen-bond acceptors (Lipinski definition) is 3. The fraction of sp³-hybridized carbons (Fsp3) is 0.429. The summed E-state index contributed by atoms with van der Waals surface area (Å²) in [4.78, 5) is 11.9. The van der Waals surface area contributed by atoms with E-state index in [9.17, 15) is 4.79 Å². The molecule has 1 heterocycles. The van der Waals surface area contributed by atoms with Crippen molar-refractivity contribution < 1.29 is 0 Å². The quantitative estimate of drug-likeness (QED) is 0.872. The summed E-state index contributed by atoms with van der Waals surface area (Å²) in [5.74, 6) is 0.693. The average molecular weight is 258 g/mol. The molecule has 0 saturated heterocycles. The minimum absolute atomic E-state index is 0.185. The number of nitrogens with zero attached hydrogens (tertiary/aromatic N) is 2. The molecule has 1 aromatic carbocycles. The molecule has 1 fully saturated rings. The minimum atomic E-state index is -0.450. The van der Waals surface area contributed by atoms with Gasteiger partial charge < -0.3 is 5.73 Å². The molecule has 5 heteroatoms. The number of aromatic nitrogens is 3. The molecule has 1 aliphatic rings. The van der Waals surface area contributed by atoms with Gasteiger partial charge in [-0.25, -0.2) is 9.89 Å². The molecular formula is C14H18N4O. The lowest BCUT2D eigenvalue weighted by molar-refractivity contribution is 0.410. The standard InChI is InChI=1S/C14H18N4O/c15-14(8-4-5-9-14)12-16-17-13(19)18(12)10-11-6-2-1-3-7-11/h1-3,6-7H,4-5,8-10,15H2,(H,17,19). The van der Waals surface area contributed by atoms with Gasteiger partial charge in [-0.05, 0) is 18.4 Å². The normalized spacial score (nSPS) is 17.7. The van der Waals surface area contributed by atoms with Crippen molar-refractivity contribution in [2.75, 3.05) is 0 Å². The van der Waals surface area contributed by atoms with Gasteiger partial charge in [0.05, 0.1) is 12.1 Å². The van der Waals surface area contributed by atoms with Crippen LogP contribution in [0.4, 0.5) is 0 Å². The second-order valence-corrected chi connectivity index (χ2v) is 5.29. The maximum absolute atomic E-state index is 11.9. The van der Waals surface area contributed by atoms with E-state index in [2.05, 4.69) is 10.2 Å². The van der Waals surface area contributed by atoms with Crippen LogP contribution in [-0.4, -0.2) is 14.8 Å². The molecule has 0 spiro atoms. The van der Waals surface area contributed by atoms with Gasteiger partial charge in [0.2, 0.25) is 0 Å². The van der Waals surface area contributed by atoms with E-state index < -0.39 is 5.54 Å². The average Bonchev–Trinajstić information content (AvgIpc) is 3.00. The Morgan fingerprint density at radius 2 is 1.95 bits per heavy atom. The van der Waals surface area contributed by atoms with E-state index in [4.69, 9.17) is 5.73 Å². The molecule has 0 bridgehead atoms. The van der Waals surface area contributed by atoms with Crippen molar-refractivity contribution in [3.63, 3.8) is 0 Å². The molecule has 1 saturated carbocycles. The molecule has 100 valence electrons. The number of nitrogens with one attached hydrogen (secondary N) is 1. The third kappa shape index (κ3) is 2.21. The van der Waals surface area contributed by atoms with E-state index in [1.165, 1.54) is 0 Å². The predicted molar refractivity (Wildman–Crippen MR) is 72.7 cm³/mol. The smallest absolute Gasteiger partial charge is 0.319 e. The highest BCUT2D eigenvalue weighted by Gasteiger charge is 2.36. The Bertz CT molecular complexity index is 608. The first-order chi connectivity index (χ1) is 9.19. The van der Waals surface area contributed by atoms with Crippen LogP contribution < -0.4 is 11.4 Å². The molecular weight excluding hydrogens is 240 g/mol. The zero-order chi connectivity index (χ0) is 13.3. The van der Waals surface area contributed by atoms with Gasteiger partial charge in [-0.15, -0.1) is 0 Å². The van der Waals surface area contributed by atoms with Crippen LogP contribution in [0.2, 0.25) is 0 Å². The minimum Gasteiger partial charge on any atom is -0.319 e. The number of nitrogens with two attached hydrogens (primary N) is 1. The lowest BCUT2D eigenvalue weighted by Gasteiger charge is -2.22. The summed E-state index contributed by atoms with van der Waals surface area (Å²) >= 11 is 0. The fourth-order valence-corrected chi connectivity index (χ4v) is 2.84. The Balaban J connectivity index is 1.97.